The summed E-state index contributed by atoms with van der Waals surface area (Å²) < 4.78 is 5.65. The highest BCUT2D eigenvalue weighted by atomic mass is 16.5. The molecule has 6 heteroatoms. The third-order valence-electron chi connectivity index (χ3n) is 4.00. The normalized spacial score (nSPS) is 26.5. The lowest BCUT2D eigenvalue weighted by atomic mass is 9.75. The van der Waals surface area contributed by atoms with Crippen LogP contribution in [0.3, 0.4) is 0 Å². The molecule has 0 aliphatic heterocycles. The molecule has 0 unspecified atom stereocenters. The minimum absolute atomic E-state index is 0.0156. The fourth-order valence-corrected chi connectivity index (χ4v) is 2.86. The number of rotatable bonds is 5. The number of urea groups is 1. The first-order chi connectivity index (χ1) is 9.79. The highest BCUT2D eigenvalue weighted by Crippen LogP contribution is 2.35. The van der Waals surface area contributed by atoms with E-state index in [2.05, 4.69) is 31.3 Å². The van der Waals surface area contributed by atoms with Gasteiger partial charge in [0.1, 0.15) is 6.10 Å². The van der Waals surface area contributed by atoms with Crippen molar-refractivity contribution in [2.45, 2.75) is 59.5 Å². The summed E-state index contributed by atoms with van der Waals surface area (Å²) in [5.41, 5.74) is 7.50. The summed E-state index contributed by atoms with van der Waals surface area (Å²) in [6.45, 7) is 8.19. The van der Waals surface area contributed by atoms with Crippen molar-refractivity contribution in [1.82, 2.24) is 5.43 Å². The topological polar surface area (TPSA) is 93.8 Å². The summed E-state index contributed by atoms with van der Waals surface area (Å²) in [5.74, 6) is 1.21. The molecule has 0 aromatic heterocycles. The number of esters is 1. The Balaban J connectivity index is 2.54. The van der Waals surface area contributed by atoms with E-state index in [4.69, 9.17) is 10.5 Å². The van der Waals surface area contributed by atoms with Crippen LogP contribution < -0.4 is 11.2 Å². The smallest absolute Gasteiger partial charge is 0.332 e. The molecule has 0 aromatic rings. The molecule has 1 aliphatic carbocycles. The van der Waals surface area contributed by atoms with Crippen LogP contribution >= 0.6 is 0 Å². The Bertz CT molecular complexity index is 407. The van der Waals surface area contributed by atoms with E-state index in [1.54, 1.807) is 6.92 Å². The summed E-state index contributed by atoms with van der Waals surface area (Å²) in [6, 6.07) is -0.747. The van der Waals surface area contributed by atoms with Gasteiger partial charge in [-0.1, -0.05) is 27.2 Å². The predicted molar refractivity (Wildman–Crippen MR) is 81.7 cm³/mol. The van der Waals surface area contributed by atoms with Crippen LogP contribution in [0.15, 0.2) is 5.10 Å². The number of nitrogens with zero attached hydrogens (tertiary/aromatic N) is 1. The Kier molecular flexibility index (Phi) is 6.65. The molecule has 0 radical (unpaired) electrons. The molecule has 3 atom stereocenters. The lowest BCUT2D eigenvalue weighted by molar-refractivity contribution is -0.154. The van der Waals surface area contributed by atoms with Crippen LogP contribution in [0.4, 0.5) is 4.79 Å². The summed E-state index contributed by atoms with van der Waals surface area (Å²) in [7, 11) is 0. The molecule has 1 saturated carbocycles. The number of hydrogen-bond donors (Lipinski definition) is 2. The van der Waals surface area contributed by atoms with Gasteiger partial charge in [-0.2, -0.15) is 5.10 Å². The van der Waals surface area contributed by atoms with Crippen LogP contribution in [0.5, 0.6) is 0 Å². The van der Waals surface area contributed by atoms with Crippen molar-refractivity contribution in [2.24, 2.45) is 28.6 Å². The lowest BCUT2D eigenvalue weighted by Gasteiger charge is -2.36. The number of carbonyl (C=O) groups is 2. The molecule has 120 valence electrons. The van der Waals surface area contributed by atoms with E-state index in [9.17, 15) is 9.59 Å². The van der Waals surface area contributed by atoms with Gasteiger partial charge in [0.2, 0.25) is 0 Å². The molecular weight excluding hydrogens is 270 g/mol. The van der Waals surface area contributed by atoms with Gasteiger partial charge in [0, 0.05) is 5.71 Å². The SMILES string of the molecule is C/C(CC(=O)O[C@@H]1C[C@@H](C)CC[C@@H]1C(C)C)=N\NC(N)=O. The van der Waals surface area contributed by atoms with Crippen LogP contribution in [0.1, 0.15) is 53.4 Å². The molecular formula is C15H27N3O3. The number of amides is 2. The van der Waals surface area contributed by atoms with Crippen LogP contribution in [-0.4, -0.2) is 23.8 Å². The average molecular weight is 297 g/mol. The lowest BCUT2D eigenvalue weighted by Crippen LogP contribution is -2.36. The average Bonchev–Trinajstić information content (AvgIpc) is 2.35. The van der Waals surface area contributed by atoms with Crippen LogP contribution in [-0.2, 0) is 9.53 Å². The molecule has 0 spiro atoms. The molecule has 0 heterocycles. The second kappa shape index (κ2) is 8.00. The molecule has 2 amide bonds. The largest absolute Gasteiger partial charge is 0.462 e. The van der Waals surface area contributed by atoms with E-state index in [1.807, 2.05) is 0 Å². The standard InChI is InChI=1S/C15H27N3O3/c1-9(2)12-6-5-10(3)7-13(12)21-14(19)8-11(4)17-18-15(16)20/h9-10,12-13H,5-8H2,1-4H3,(H3,16,18,20)/b17-11+/t10-,12+,13+/m0/s1. The number of nitrogens with two attached hydrogens (primary N) is 1. The molecule has 3 N–H and O–H groups in total. The monoisotopic (exact) mass is 297 g/mol. The quantitative estimate of drug-likeness (QED) is 0.463. The third kappa shape index (κ3) is 6.14. The summed E-state index contributed by atoms with van der Waals surface area (Å²) in [6.07, 6.45) is 3.27. The molecule has 1 aliphatic rings. The van der Waals surface area contributed by atoms with Gasteiger partial charge in [0.15, 0.2) is 0 Å². The molecule has 0 bridgehead atoms. The predicted octanol–water partition coefficient (Wildman–Crippen LogP) is 2.42. The fraction of sp³-hybridized carbons (Fsp3) is 0.800. The summed E-state index contributed by atoms with van der Waals surface area (Å²) in [5, 5.41) is 3.72. The van der Waals surface area contributed by atoms with Gasteiger partial charge in [-0.15, -0.1) is 0 Å². The molecule has 0 aromatic carbocycles. The first kappa shape index (κ1) is 17.5. The fourth-order valence-electron chi connectivity index (χ4n) is 2.86. The van der Waals surface area contributed by atoms with E-state index in [0.29, 0.717) is 23.5 Å². The maximum Gasteiger partial charge on any atom is 0.332 e. The molecule has 21 heavy (non-hydrogen) atoms. The van der Waals surface area contributed by atoms with Crippen LogP contribution in [0.25, 0.3) is 0 Å². The maximum absolute atomic E-state index is 12.0. The van der Waals surface area contributed by atoms with Gasteiger partial charge >= 0.3 is 12.0 Å². The Morgan fingerprint density at radius 1 is 1.38 bits per heavy atom. The van der Waals surface area contributed by atoms with Crippen molar-refractivity contribution in [1.29, 1.82) is 0 Å². The number of ether oxygens (including phenoxy) is 1. The maximum atomic E-state index is 12.0. The highest BCUT2D eigenvalue weighted by Gasteiger charge is 2.33. The number of hydrazone groups is 1. The molecule has 0 saturated heterocycles. The minimum Gasteiger partial charge on any atom is -0.462 e. The number of hydrogen-bond acceptors (Lipinski definition) is 4. The van der Waals surface area contributed by atoms with Gasteiger partial charge in [0.25, 0.3) is 0 Å². The number of nitrogens with one attached hydrogen (secondary N) is 1. The summed E-state index contributed by atoms with van der Waals surface area (Å²) >= 11 is 0. The Morgan fingerprint density at radius 2 is 2.05 bits per heavy atom. The van der Waals surface area contributed by atoms with Gasteiger partial charge in [-0.25, -0.2) is 10.2 Å². The number of primary amides is 1. The Morgan fingerprint density at radius 3 is 2.62 bits per heavy atom. The Labute approximate surface area is 126 Å². The van der Waals surface area contributed by atoms with Crippen molar-refractivity contribution in [3.8, 4) is 0 Å². The third-order valence-corrected chi connectivity index (χ3v) is 4.00. The van der Waals surface area contributed by atoms with E-state index < -0.39 is 6.03 Å². The van der Waals surface area contributed by atoms with E-state index in [0.717, 1.165) is 12.8 Å². The van der Waals surface area contributed by atoms with Crippen molar-refractivity contribution in [3.63, 3.8) is 0 Å². The number of carbonyl (C=O) groups excluding carboxylic acids is 2. The molecule has 1 fully saturated rings. The zero-order valence-corrected chi connectivity index (χ0v) is 13.4. The van der Waals surface area contributed by atoms with Gasteiger partial charge < -0.3 is 10.5 Å². The van der Waals surface area contributed by atoms with E-state index in [-0.39, 0.29) is 18.5 Å². The highest BCUT2D eigenvalue weighted by molar-refractivity contribution is 5.97. The van der Waals surface area contributed by atoms with Crippen molar-refractivity contribution < 1.29 is 14.3 Å². The Hall–Kier alpha value is -1.59. The second-order valence-electron chi connectivity index (χ2n) is 6.35. The van der Waals surface area contributed by atoms with Gasteiger partial charge in [-0.05, 0) is 37.5 Å². The second-order valence-corrected chi connectivity index (χ2v) is 6.35. The molecule has 6 nitrogen and oxygen atoms in total. The van der Waals surface area contributed by atoms with Crippen molar-refractivity contribution in [2.75, 3.05) is 0 Å². The first-order valence-corrected chi connectivity index (χ1v) is 7.57. The summed E-state index contributed by atoms with van der Waals surface area (Å²) in [4.78, 5) is 22.5. The molecule has 1 rings (SSSR count). The van der Waals surface area contributed by atoms with Gasteiger partial charge in [0.05, 0.1) is 6.42 Å². The van der Waals surface area contributed by atoms with E-state index in [1.165, 1.54) is 6.42 Å². The zero-order chi connectivity index (χ0) is 16.0. The van der Waals surface area contributed by atoms with Crippen molar-refractivity contribution in [3.05, 3.63) is 0 Å². The zero-order valence-electron chi connectivity index (χ0n) is 13.4. The van der Waals surface area contributed by atoms with E-state index >= 15 is 0 Å². The van der Waals surface area contributed by atoms with Crippen LogP contribution in [0.2, 0.25) is 0 Å². The van der Waals surface area contributed by atoms with Crippen LogP contribution in [0, 0.1) is 17.8 Å². The minimum atomic E-state index is -0.747. The van der Waals surface area contributed by atoms with Gasteiger partial charge in [-0.3, -0.25) is 4.79 Å². The van der Waals surface area contributed by atoms with Crippen molar-refractivity contribution >= 4 is 17.7 Å². The first-order valence-electron chi connectivity index (χ1n) is 7.57.